The third-order valence-electron chi connectivity index (χ3n) is 6.63. The van der Waals surface area contributed by atoms with Crippen LogP contribution >= 0.6 is 11.3 Å². The molecule has 0 fully saturated rings. The highest BCUT2D eigenvalue weighted by Gasteiger charge is 2.12. The first-order valence-corrected chi connectivity index (χ1v) is 13.4. The zero-order valence-corrected chi connectivity index (χ0v) is 21.6. The Morgan fingerprint density at radius 3 is 2.32 bits per heavy atom. The second-order valence-electron chi connectivity index (χ2n) is 9.11. The standard InChI is InChI=1S/C32H27N5S/c33-31-17-25(23-7-3-1-4-8-23)11-12-26(31)21-37-22-34-19-28(37)20-36-27-13-14-29(32-35-15-16-38-32)30(18-27)24-9-5-2-6-10-24/h1-19,22,36H,20-21,33H2. The molecule has 0 unspecified atom stereocenters. The van der Waals surface area contributed by atoms with E-state index in [2.05, 4.69) is 92.6 Å². The Morgan fingerprint density at radius 1 is 0.789 bits per heavy atom. The third kappa shape index (κ3) is 5.08. The van der Waals surface area contributed by atoms with Crippen molar-refractivity contribution in [3.63, 3.8) is 0 Å². The van der Waals surface area contributed by atoms with E-state index >= 15 is 0 Å². The van der Waals surface area contributed by atoms with E-state index in [4.69, 9.17) is 5.73 Å². The number of thiazole rings is 1. The van der Waals surface area contributed by atoms with Crippen LogP contribution in [0.1, 0.15) is 11.3 Å². The molecule has 6 rings (SSSR count). The van der Waals surface area contributed by atoms with Gasteiger partial charge in [0.15, 0.2) is 0 Å². The molecule has 0 aliphatic heterocycles. The first kappa shape index (κ1) is 23.7. The van der Waals surface area contributed by atoms with Crippen LogP contribution in [0, 0.1) is 0 Å². The van der Waals surface area contributed by atoms with Gasteiger partial charge < -0.3 is 15.6 Å². The summed E-state index contributed by atoms with van der Waals surface area (Å²) < 4.78 is 2.14. The molecule has 6 aromatic rings. The van der Waals surface area contributed by atoms with E-state index in [0.717, 1.165) is 49.9 Å². The summed E-state index contributed by atoms with van der Waals surface area (Å²) in [4.78, 5) is 8.96. The number of nitrogens with two attached hydrogens (primary N) is 1. The number of hydrogen-bond donors (Lipinski definition) is 2. The first-order valence-electron chi connectivity index (χ1n) is 12.5. The molecule has 0 aliphatic rings. The number of rotatable bonds is 8. The summed E-state index contributed by atoms with van der Waals surface area (Å²) in [6, 6.07) is 33.5. The largest absolute Gasteiger partial charge is 0.398 e. The van der Waals surface area contributed by atoms with E-state index in [0.29, 0.717) is 13.1 Å². The summed E-state index contributed by atoms with van der Waals surface area (Å²) in [7, 11) is 0. The molecule has 2 aromatic heterocycles. The number of hydrogen-bond acceptors (Lipinski definition) is 5. The molecule has 0 bridgehead atoms. The zero-order valence-electron chi connectivity index (χ0n) is 20.8. The fourth-order valence-electron chi connectivity index (χ4n) is 4.62. The third-order valence-corrected chi connectivity index (χ3v) is 7.44. The predicted molar refractivity (Wildman–Crippen MR) is 158 cm³/mol. The maximum absolute atomic E-state index is 6.46. The molecule has 0 radical (unpaired) electrons. The molecule has 186 valence electrons. The van der Waals surface area contributed by atoms with Crippen LogP contribution in [0.3, 0.4) is 0 Å². The topological polar surface area (TPSA) is 68.8 Å². The highest BCUT2D eigenvalue weighted by molar-refractivity contribution is 7.13. The number of anilines is 2. The van der Waals surface area contributed by atoms with Gasteiger partial charge in [-0.3, -0.25) is 0 Å². The van der Waals surface area contributed by atoms with Gasteiger partial charge in [-0.05, 0) is 52.1 Å². The molecule has 3 N–H and O–H groups in total. The molecule has 2 heterocycles. The van der Waals surface area contributed by atoms with Crippen LogP contribution in [-0.2, 0) is 13.1 Å². The molecule has 0 aliphatic carbocycles. The van der Waals surface area contributed by atoms with E-state index in [1.54, 1.807) is 11.3 Å². The summed E-state index contributed by atoms with van der Waals surface area (Å²) >= 11 is 1.65. The van der Waals surface area contributed by atoms with Gasteiger partial charge in [-0.1, -0.05) is 72.8 Å². The van der Waals surface area contributed by atoms with Crippen molar-refractivity contribution >= 4 is 22.7 Å². The molecule has 0 atom stereocenters. The molecule has 6 heteroatoms. The van der Waals surface area contributed by atoms with Gasteiger partial charge in [0.1, 0.15) is 5.01 Å². The normalized spacial score (nSPS) is 10.9. The lowest BCUT2D eigenvalue weighted by Gasteiger charge is -2.14. The molecule has 5 nitrogen and oxygen atoms in total. The molecular weight excluding hydrogens is 486 g/mol. The minimum Gasteiger partial charge on any atom is -0.398 e. The Kier molecular flexibility index (Phi) is 6.70. The summed E-state index contributed by atoms with van der Waals surface area (Å²) in [6.07, 6.45) is 5.62. The van der Waals surface area contributed by atoms with Gasteiger partial charge in [-0.2, -0.15) is 0 Å². The number of nitrogens with one attached hydrogen (secondary N) is 1. The number of nitrogen functional groups attached to an aromatic ring is 1. The fraction of sp³-hybridized carbons (Fsp3) is 0.0625. The molecule has 0 saturated heterocycles. The number of aromatic nitrogens is 3. The highest BCUT2D eigenvalue weighted by Crippen LogP contribution is 2.35. The molecule has 4 aromatic carbocycles. The van der Waals surface area contributed by atoms with E-state index in [1.165, 1.54) is 5.56 Å². The maximum Gasteiger partial charge on any atom is 0.123 e. The fourth-order valence-corrected chi connectivity index (χ4v) is 5.29. The van der Waals surface area contributed by atoms with Crippen molar-refractivity contribution in [1.82, 2.24) is 14.5 Å². The van der Waals surface area contributed by atoms with Crippen molar-refractivity contribution in [2.45, 2.75) is 13.1 Å². The van der Waals surface area contributed by atoms with Gasteiger partial charge >= 0.3 is 0 Å². The Bertz CT molecular complexity index is 1640. The van der Waals surface area contributed by atoms with E-state index in [-0.39, 0.29) is 0 Å². The molecule has 0 spiro atoms. The second-order valence-corrected chi connectivity index (χ2v) is 10.0. The highest BCUT2D eigenvalue weighted by atomic mass is 32.1. The quantitative estimate of drug-likeness (QED) is 0.206. The van der Waals surface area contributed by atoms with Crippen molar-refractivity contribution in [3.05, 3.63) is 132 Å². The van der Waals surface area contributed by atoms with Crippen molar-refractivity contribution < 1.29 is 0 Å². The smallest absolute Gasteiger partial charge is 0.123 e. The van der Waals surface area contributed by atoms with Gasteiger partial charge in [0, 0.05) is 34.7 Å². The number of imidazole rings is 1. The molecule has 0 amide bonds. The summed E-state index contributed by atoms with van der Waals surface area (Å²) in [5, 5.41) is 6.62. The zero-order chi connectivity index (χ0) is 25.7. The van der Waals surface area contributed by atoms with Crippen LogP contribution in [0.2, 0.25) is 0 Å². The molecular formula is C32H27N5S. The van der Waals surface area contributed by atoms with Gasteiger partial charge in [0.2, 0.25) is 0 Å². The monoisotopic (exact) mass is 513 g/mol. The van der Waals surface area contributed by atoms with Gasteiger partial charge in [-0.15, -0.1) is 11.3 Å². The van der Waals surface area contributed by atoms with Crippen molar-refractivity contribution in [2.24, 2.45) is 0 Å². The van der Waals surface area contributed by atoms with Crippen LogP contribution in [-0.4, -0.2) is 14.5 Å². The number of nitrogens with zero attached hydrogens (tertiary/aromatic N) is 3. The van der Waals surface area contributed by atoms with E-state index in [9.17, 15) is 0 Å². The molecule has 38 heavy (non-hydrogen) atoms. The van der Waals surface area contributed by atoms with Crippen molar-refractivity contribution in [2.75, 3.05) is 11.1 Å². The van der Waals surface area contributed by atoms with Gasteiger partial charge in [-0.25, -0.2) is 9.97 Å². The number of benzene rings is 4. The first-order chi connectivity index (χ1) is 18.7. The van der Waals surface area contributed by atoms with Gasteiger partial charge in [0.25, 0.3) is 0 Å². The van der Waals surface area contributed by atoms with Crippen molar-refractivity contribution in [1.29, 1.82) is 0 Å². The van der Waals surface area contributed by atoms with Crippen LogP contribution in [0.25, 0.3) is 32.8 Å². The Morgan fingerprint density at radius 2 is 1.58 bits per heavy atom. The lowest BCUT2D eigenvalue weighted by molar-refractivity contribution is 0.751. The lowest BCUT2D eigenvalue weighted by Crippen LogP contribution is -2.09. The summed E-state index contributed by atoms with van der Waals surface area (Å²) in [6.45, 7) is 1.31. The Balaban J connectivity index is 1.21. The minimum absolute atomic E-state index is 0.646. The van der Waals surface area contributed by atoms with Crippen LogP contribution in [0.4, 0.5) is 11.4 Å². The minimum atomic E-state index is 0.646. The van der Waals surface area contributed by atoms with Crippen LogP contribution in [0.5, 0.6) is 0 Å². The molecule has 0 saturated carbocycles. The SMILES string of the molecule is Nc1cc(-c2ccccc2)ccc1Cn1cncc1CNc1ccc(-c2nccs2)c(-c2ccccc2)c1. The summed E-state index contributed by atoms with van der Waals surface area (Å²) in [5.41, 5.74) is 16.2. The average Bonchev–Trinajstić information content (AvgIpc) is 3.66. The average molecular weight is 514 g/mol. The lowest BCUT2D eigenvalue weighted by atomic mass is 9.99. The van der Waals surface area contributed by atoms with E-state index in [1.807, 2.05) is 48.4 Å². The maximum atomic E-state index is 6.46. The Labute approximate surface area is 226 Å². The summed E-state index contributed by atoms with van der Waals surface area (Å²) in [5.74, 6) is 0. The van der Waals surface area contributed by atoms with Crippen LogP contribution in [0.15, 0.2) is 121 Å². The Hall–Kier alpha value is -4.68. The second kappa shape index (κ2) is 10.7. The van der Waals surface area contributed by atoms with Gasteiger partial charge in [0.05, 0.1) is 25.1 Å². The van der Waals surface area contributed by atoms with Crippen LogP contribution < -0.4 is 11.1 Å². The van der Waals surface area contributed by atoms with Crippen molar-refractivity contribution in [3.8, 4) is 32.8 Å². The predicted octanol–water partition coefficient (Wildman–Crippen LogP) is 7.58. The van der Waals surface area contributed by atoms with E-state index < -0.39 is 0 Å².